The van der Waals surface area contributed by atoms with E-state index in [1.807, 2.05) is 30.3 Å². The zero-order valence-electron chi connectivity index (χ0n) is 13.1. The third-order valence-corrected chi connectivity index (χ3v) is 3.88. The van der Waals surface area contributed by atoms with Gasteiger partial charge in [-0.25, -0.2) is 4.98 Å². The van der Waals surface area contributed by atoms with Crippen LogP contribution in [0.25, 0.3) is 33.5 Å². The van der Waals surface area contributed by atoms with Gasteiger partial charge in [0.2, 0.25) is 0 Å². The highest BCUT2D eigenvalue weighted by molar-refractivity contribution is 5.88. The smallest absolute Gasteiger partial charge is 0.259 e. The fraction of sp³-hybridized carbons (Fsp3) is 0.111. The van der Waals surface area contributed by atoms with Crippen LogP contribution in [-0.4, -0.2) is 24.2 Å². The number of H-pyrrole nitrogens is 1. The van der Waals surface area contributed by atoms with Crippen molar-refractivity contribution in [3.05, 3.63) is 52.8 Å². The fourth-order valence-electron chi connectivity index (χ4n) is 2.73. The summed E-state index contributed by atoms with van der Waals surface area (Å²) in [7, 11) is 3.05. The lowest BCUT2D eigenvalue weighted by Crippen LogP contribution is -2.10. The maximum absolute atomic E-state index is 12.4. The van der Waals surface area contributed by atoms with Gasteiger partial charge in [0.1, 0.15) is 11.1 Å². The number of nitrogens with one attached hydrogen (secondary N) is 1. The van der Waals surface area contributed by atoms with Crippen LogP contribution in [-0.2, 0) is 0 Å². The van der Waals surface area contributed by atoms with Gasteiger partial charge in [0.05, 0.1) is 19.6 Å². The molecule has 0 spiro atoms. The predicted molar refractivity (Wildman–Crippen MR) is 90.7 cm³/mol. The van der Waals surface area contributed by atoms with E-state index in [9.17, 15) is 4.79 Å². The van der Waals surface area contributed by atoms with Crippen molar-refractivity contribution >= 4 is 21.9 Å². The Labute approximate surface area is 136 Å². The van der Waals surface area contributed by atoms with Crippen molar-refractivity contribution in [2.24, 2.45) is 0 Å². The highest BCUT2D eigenvalue weighted by atomic mass is 16.5. The normalized spacial score (nSPS) is 11.1. The summed E-state index contributed by atoms with van der Waals surface area (Å²) in [4.78, 5) is 19.7. The molecule has 2 heterocycles. The van der Waals surface area contributed by atoms with Crippen molar-refractivity contribution in [2.75, 3.05) is 14.2 Å². The first kappa shape index (κ1) is 14.3. The number of furan rings is 1. The fourth-order valence-corrected chi connectivity index (χ4v) is 2.73. The summed E-state index contributed by atoms with van der Waals surface area (Å²) in [6.45, 7) is 0. The van der Waals surface area contributed by atoms with Crippen molar-refractivity contribution in [1.82, 2.24) is 9.97 Å². The van der Waals surface area contributed by atoms with Gasteiger partial charge >= 0.3 is 0 Å². The van der Waals surface area contributed by atoms with Crippen molar-refractivity contribution in [3.8, 4) is 23.1 Å². The molecular weight excluding hydrogens is 308 g/mol. The first-order valence-corrected chi connectivity index (χ1v) is 7.35. The number of aromatic amines is 1. The van der Waals surface area contributed by atoms with E-state index in [0.29, 0.717) is 34.0 Å². The van der Waals surface area contributed by atoms with Crippen LogP contribution in [0.1, 0.15) is 0 Å². The second-order valence-electron chi connectivity index (χ2n) is 5.26. The van der Waals surface area contributed by atoms with E-state index in [4.69, 9.17) is 13.9 Å². The molecule has 0 atom stereocenters. The van der Waals surface area contributed by atoms with Crippen molar-refractivity contribution in [3.63, 3.8) is 0 Å². The third-order valence-electron chi connectivity index (χ3n) is 3.88. The molecule has 4 aromatic rings. The molecule has 0 bridgehead atoms. The number of aromatic nitrogens is 2. The summed E-state index contributed by atoms with van der Waals surface area (Å²) in [6.07, 6.45) is 0. The van der Waals surface area contributed by atoms with Crippen molar-refractivity contribution in [1.29, 1.82) is 0 Å². The van der Waals surface area contributed by atoms with Gasteiger partial charge < -0.3 is 18.9 Å². The van der Waals surface area contributed by atoms with E-state index in [-0.39, 0.29) is 5.56 Å². The molecule has 24 heavy (non-hydrogen) atoms. The van der Waals surface area contributed by atoms with E-state index in [0.717, 1.165) is 11.0 Å². The zero-order valence-corrected chi connectivity index (χ0v) is 13.1. The summed E-state index contributed by atoms with van der Waals surface area (Å²) >= 11 is 0. The molecule has 0 amide bonds. The summed E-state index contributed by atoms with van der Waals surface area (Å²) in [5, 5.41) is 1.36. The van der Waals surface area contributed by atoms with Gasteiger partial charge in [0.25, 0.3) is 5.56 Å². The monoisotopic (exact) mass is 322 g/mol. The Balaban J connectivity index is 2.01. The van der Waals surface area contributed by atoms with Crippen LogP contribution in [0, 0.1) is 0 Å². The molecule has 2 aromatic heterocycles. The Morgan fingerprint density at radius 3 is 2.67 bits per heavy atom. The van der Waals surface area contributed by atoms with Crippen LogP contribution in [0.4, 0.5) is 0 Å². The Bertz CT molecular complexity index is 1080. The molecule has 0 aliphatic carbocycles. The maximum Gasteiger partial charge on any atom is 0.259 e. The molecule has 6 nitrogen and oxygen atoms in total. The second-order valence-corrected chi connectivity index (χ2v) is 5.26. The lowest BCUT2D eigenvalue weighted by Gasteiger charge is -2.10. The highest BCUT2D eigenvalue weighted by Gasteiger charge is 2.16. The average molecular weight is 322 g/mol. The van der Waals surface area contributed by atoms with E-state index in [1.165, 1.54) is 14.2 Å². The molecule has 0 saturated heterocycles. The number of fused-ring (bicyclic) bond motifs is 2. The first-order chi connectivity index (χ1) is 11.7. The van der Waals surface area contributed by atoms with Crippen LogP contribution < -0.4 is 15.0 Å². The van der Waals surface area contributed by atoms with E-state index < -0.39 is 0 Å². The SMILES string of the molecule is COc1ccc2c(=O)[nH]c(-c3cc4ccccc4o3)nc2c1OC. The number of hydrogen-bond donors (Lipinski definition) is 1. The second kappa shape index (κ2) is 5.42. The topological polar surface area (TPSA) is 77.4 Å². The molecule has 0 radical (unpaired) electrons. The Hall–Kier alpha value is -3.28. The quantitative estimate of drug-likeness (QED) is 0.626. The summed E-state index contributed by atoms with van der Waals surface area (Å²) in [6, 6.07) is 12.8. The first-order valence-electron chi connectivity index (χ1n) is 7.35. The molecule has 6 heteroatoms. The standard InChI is InChI=1S/C18H14N2O4/c1-22-13-8-7-11-15(16(13)23-2)19-17(20-18(11)21)14-9-10-5-3-4-6-12(10)24-14/h3-9H,1-2H3,(H,19,20,21). The van der Waals surface area contributed by atoms with Crippen LogP contribution in [0.3, 0.4) is 0 Å². The van der Waals surface area contributed by atoms with Crippen LogP contribution in [0.15, 0.2) is 51.7 Å². The van der Waals surface area contributed by atoms with Gasteiger partial charge in [-0.1, -0.05) is 18.2 Å². The number of nitrogens with zero attached hydrogens (tertiary/aromatic N) is 1. The van der Waals surface area contributed by atoms with Gasteiger partial charge in [-0.05, 0) is 24.3 Å². The molecule has 0 aliphatic rings. The van der Waals surface area contributed by atoms with Gasteiger partial charge in [0.15, 0.2) is 23.1 Å². The van der Waals surface area contributed by atoms with Gasteiger partial charge in [-0.15, -0.1) is 0 Å². The minimum absolute atomic E-state index is 0.267. The van der Waals surface area contributed by atoms with Crippen LogP contribution in [0.2, 0.25) is 0 Å². The number of ether oxygens (including phenoxy) is 2. The van der Waals surface area contributed by atoms with Gasteiger partial charge in [-0.2, -0.15) is 0 Å². The number of para-hydroxylation sites is 1. The Kier molecular flexibility index (Phi) is 3.23. The van der Waals surface area contributed by atoms with Crippen molar-refractivity contribution in [2.45, 2.75) is 0 Å². The summed E-state index contributed by atoms with van der Waals surface area (Å²) in [5.74, 6) is 1.76. The number of benzene rings is 2. The van der Waals surface area contributed by atoms with Crippen molar-refractivity contribution < 1.29 is 13.9 Å². The molecule has 0 unspecified atom stereocenters. The minimum atomic E-state index is -0.267. The average Bonchev–Trinajstić information content (AvgIpc) is 3.04. The van der Waals surface area contributed by atoms with E-state index in [1.54, 1.807) is 12.1 Å². The van der Waals surface area contributed by atoms with Gasteiger partial charge in [-0.3, -0.25) is 4.79 Å². The van der Waals surface area contributed by atoms with Crippen LogP contribution in [0.5, 0.6) is 11.5 Å². The third kappa shape index (κ3) is 2.11. The van der Waals surface area contributed by atoms with E-state index >= 15 is 0 Å². The molecule has 1 N–H and O–H groups in total. The summed E-state index contributed by atoms with van der Waals surface area (Å²) in [5.41, 5.74) is 0.889. The Morgan fingerprint density at radius 1 is 1.08 bits per heavy atom. The molecule has 0 fully saturated rings. The molecular formula is C18H14N2O4. The van der Waals surface area contributed by atoms with Crippen LogP contribution >= 0.6 is 0 Å². The molecule has 0 aliphatic heterocycles. The molecule has 2 aromatic carbocycles. The minimum Gasteiger partial charge on any atom is -0.493 e. The van der Waals surface area contributed by atoms with Gasteiger partial charge in [0, 0.05) is 5.39 Å². The Morgan fingerprint density at radius 2 is 1.92 bits per heavy atom. The zero-order chi connectivity index (χ0) is 16.7. The highest BCUT2D eigenvalue weighted by Crippen LogP contribution is 2.34. The molecule has 4 rings (SSSR count). The molecule has 0 saturated carbocycles. The van der Waals surface area contributed by atoms with E-state index in [2.05, 4.69) is 9.97 Å². The summed E-state index contributed by atoms with van der Waals surface area (Å²) < 4.78 is 16.4. The number of hydrogen-bond acceptors (Lipinski definition) is 5. The number of rotatable bonds is 3. The predicted octanol–water partition coefficient (Wildman–Crippen LogP) is 3.35. The lowest BCUT2D eigenvalue weighted by molar-refractivity contribution is 0.358. The number of methoxy groups -OCH3 is 2. The maximum atomic E-state index is 12.4. The lowest BCUT2D eigenvalue weighted by atomic mass is 10.2. The largest absolute Gasteiger partial charge is 0.493 e. The molecule has 120 valence electrons.